The van der Waals surface area contributed by atoms with Crippen LogP contribution in [0.1, 0.15) is 5.56 Å². The van der Waals surface area contributed by atoms with E-state index in [9.17, 15) is 8.78 Å². The second-order valence-electron chi connectivity index (χ2n) is 3.50. The highest BCUT2D eigenvalue weighted by Gasteiger charge is 2.10. The number of nitrogens with zero attached hydrogens (tertiary/aromatic N) is 2. The fourth-order valence-electron chi connectivity index (χ4n) is 1.26. The third-order valence-electron chi connectivity index (χ3n) is 2.15. The zero-order valence-electron chi connectivity index (χ0n) is 9.45. The van der Waals surface area contributed by atoms with E-state index < -0.39 is 11.6 Å². The van der Waals surface area contributed by atoms with Crippen molar-refractivity contribution in [2.75, 3.05) is 5.43 Å². The van der Waals surface area contributed by atoms with Crippen LogP contribution in [0.25, 0.3) is 0 Å². The molecule has 1 aromatic carbocycles. The van der Waals surface area contributed by atoms with Crippen molar-refractivity contribution in [1.29, 1.82) is 0 Å². The summed E-state index contributed by atoms with van der Waals surface area (Å²) < 4.78 is 26.3. The molecule has 1 heterocycles. The van der Waals surface area contributed by atoms with E-state index >= 15 is 0 Å². The molecule has 2 aromatic rings. The molecule has 0 saturated carbocycles. The number of nitrogen functional groups attached to an aromatic ring is 1. The van der Waals surface area contributed by atoms with E-state index in [2.05, 4.69) is 15.4 Å². The molecule has 2 rings (SSSR count). The second kappa shape index (κ2) is 5.28. The summed E-state index contributed by atoms with van der Waals surface area (Å²) >= 11 is 1.09. The van der Waals surface area contributed by atoms with Gasteiger partial charge in [0.15, 0.2) is 0 Å². The number of hydrazine groups is 1. The van der Waals surface area contributed by atoms with Gasteiger partial charge in [-0.05, 0) is 19.1 Å². The molecule has 0 amide bonds. The predicted octanol–water partition coefficient (Wildman–Crippen LogP) is 2.50. The van der Waals surface area contributed by atoms with Crippen molar-refractivity contribution in [3.63, 3.8) is 0 Å². The van der Waals surface area contributed by atoms with Crippen molar-refractivity contribution in [2.24, 2.45) is 5.84 Å². The van der Waals surface area contributed by atoms with Gasteiger partial charge in [-0.3, -0.25) is 5.43 Å². The molecular formula is C11H10F2N4S. The molecule has 7 heteroatoms. The van der Waals surface area contributed by atoms with Crippen LogP contribution in [0.2, 0.25) is 0 Å². The van der Waals surface area contributed by atoms with E-state index in [-0.39, 0.29) is 5.95 Å². The first-order chi connectivity index (χ1) is 8.60. The monoisotopic (exact) mass is 268 g/mol. The van der Waals surface area contributed by atoms with Crippen LogP contribution in [0.5, 0.6) is 0 Å². The minimum atomic E-state index is -0.625. The van der Waals surface area contributed by atoms with Gasteiger partial charge < -0.3 is 0 Å². The zero-order valence-corrected chi connectivity index (χ0v) is 10.3. The number of aromatic nitrogens is 2. The lowest BCUT2D eigenvalue weighted by Gasteiger charge is -2.07. The Labute approximate surface area is 107 Å². The van der Waals surface area contributed by atoms with Crippen LogP contribution in [0.15, 0.2) is 34.3 Å². The number of aryl methyl sites for hydroxylation is 1. The van der Waals surface area contributed by atoms with Crippen molar-refractivity contribution >= 4 is 17.7 Å². The summed E-state index contributed by atoms with van der Waals surface area (Å²) in [6.07, 6.45) is 1.58. The molecule has 94 valence electrons. The maximum Gasteiger partial charge on any atom is 0.238 e. The van der Waals surface area contributed by atoms with E-state index in [4.69, 9.17) is 5.84 Å². The number of anilines is 1. The highest BCUT2D eigenvalue weighted by atomic mass is 32.2. The van der Waals surface area contributed by atoms with Gasteiger partial charge in [-0.1, -0.05) is 11.8 Å². The molecule has 1 aromatic heterocycles. The summed E-state index contributed by atoms with van der Waals surface area (Å²) in [7, 11) is 0. The van der Waals surface area contributed by atoms with Gasteiger partial charge >= 0.3 is 0 Å². The maximum atomic E-state index is 13.5. The van der Waals surface area contributed by atoms with Gasteiger partial charge in [0.1, 0.15) is 16.7 Å². The van der Waals surface area contributed by atoms with Crippen LogP contribution in [-0.4, -0.2) is 9.97 Å². The fourth-order valence-corrected chi connectivity index (χ4v) is 2.11. The number of rotatable bonds is 3. The third kappa shape index (κ3) is 2.74. The van der Waals surface area contributed by atoms with Crippen molar-refractivity contribution in [3.8, 4) is 0 Å². The Morgan fingerprint density at radius 1 is 1.33 bits per heavy atom. The fraction of sp³-hybridized carbons (Fsp3) is 0.0909. The molecule has 0 bridgehead atoms. The van der Waals surface area contributed by atoms with E-state index in [0.717, 1.165) is 23.4 Å². The number of halogens is 2. The van der Waals surface area contributed by atoms with E-state index in [1.54, 1.807) is 13.1 Å². The quantitative estimate of drug-likeness (QED) is 0.508. The largest absolute Gasteiger partial charge is 0.292 e. The molecule has 0 radical (unpaired) electrons. The van der Waals surface area contributed by atoms with Crippen molar-refractivity contribution in [2.45, 2.75) is 16.8 Å². The van der Waals surface area contributed by atoms with E-state index in [0.29, 0.717) is 9.92 Å². The van der Waals surface area contributed by atoms with Gasteiger partial charge in [0.2, 0.25) is 5.95 Å². The summed E-state index contributed by atoms with van der Waals surface area (Å²) in [5, 5.41) is 0.559. The van der Waals surface area contributed by atoms with Crippen LogP contribution in [0.3, 0.4) is 0 Å². The van der Waals surface area contributed by atoms with Gasteiger partial charge in [0.25, 0.3) is 0 Å². The molecule has 0 atom stereocenters. The smallest absolute Gasteiger partial charge is 0.238 e. The first-order valence-corrected chi connectivity index (χ1v) is 5.85. The summed E-state index contributed by atoms with van der Waals surface area (Å²) in [5.41, 5.74) is 3.10. The van der Waals surface area contributed by atoms with Gasteiger partial charge in [-0.25, -0.2) is 24.6 Å². The lowest BCUT2D eigenvalue weighted by atomic mass is 10.3. The minimum absolute atomic E-state index is 0.241. The first kappa shape index (κ1) is 12.7. The SMILES string of the molecule is Cc1cnc(NN)nc1Sc1ccc(F)cc1F. The number of hydrogen-bond donors (Lipinski definition) is 2. The number of nitrogens with two attached hydrogens (primary N) is 1. The summed E-state index contributed by atoms with van der Waals surface area (Å²) in [5.74, 6) is 4.21. The molecule has 18 heavy (non-hydrogen) atoms. The summed E-state index contributed by atoms with van der Waals surface area (Å²) in [6.45, 7) is 1.80. The third-order valence-corrected chi connectivity index (χ3v) is 3.31. The molecule has 0 aliphatic carbocycles. The van der Waals surface area contributed by atoms with Crippen LogP contribution < -0.4 is 11.3 Å². The average Bonchev–Trinajstić information content (AvgIpc) is 2.35. The molecule has 0 aliphatic rings. The van der Waals surface area contributed by atoms with Crippen molar-refractivity contribution in [1.82, 2.24) is 9.97 Å². The summed E-state index contributed by atoms with van der Waals surface area (Å²) in [6, 6.07) is 3.40. The average molecular weight is 268 g/mol. The van der Waals surface area contributed by atoms with Gasteiger partial charge in [0.05, 0.1) is 0 Å². The highest BCUT2D eigenvalue weighted by molar-refractivity contribution is 7.99. The molecule has 0 saturated heterocycles. The molecular weight excluding hydrogens is 258 g/mol. The predicted molar refractivity (Wildman–Crippen MR) is 65.1 cm³/mol. The lowest BCUT2D eigenvalue weighted by Crippen LogP contribution is -2.10. The molecule has 3 N–H and O–H groups in total. The van der Waals surface area contributed by atoms with Gasteiger partial charge in [0, 0.05) is 22.7 Å². The van der Waals surface area contributed by atoms with Gasteiger partial charge in [-0.15, -0.1) is 0 Å². The minimum Gasteiger partial charge on any atom is -0.292 e. The van der Waals surface area contributed by atoms with Crippen molar-refractivity contribution in [3.05, 3.63) is 41.6 Å². The Bertz CT molecular complexity index is 577. The van der Waals surface area contributed by atoms with E-state index in [1.165, 1.54) is 12.1 Å². The lowest BCUT2D eigenvalue weighted by molar-refractivity contribution is 0.565. The molecule has 4 nitrogen and oxygen atoms in total. The zero-order chi connectivity index (χ0) is 13.1. The van der Waals surface area contributed by atoms with Crippen LogP contribution >= 0.6 is 11.8 Å². The Morgan fingerprint density at radius 2 is 2.11 bits per heavy atom. The van der Waals surface area contributed by atoms with Crippen LogP contribution in [-0.2, 0) is 0 Å². The topological polar surface area (TPSA) is 63.8 Å². The highest BCUT2D eigenvalue weighted by Crippen LogP contribution is 2.31. The number of nitrogens with one attached hydrogen (secondary N) is 1. The Kier molecular flexibility index (Phi) is 3.73. The Balaban J connectivity index is 2.33. The molecule has 0 aliphatic heterocycles. The number of benzene rings is 1. The molecule has 0 fully saturated rings. The normalized spacial score (nSPS) is 10.4. The maximum absolute atomic E-state index is 13.5. The summed E-state index contributed by atoms with van der Waals surface area (Å²) in [4.78, 5) is 8.32. The van der Waals surface area contributed by atoms with Crippen LogP contribution in [0.4, 0.5) is 14.7 Å². The van der Waals surface area contributed by atoms with Gasteiger partial charge in [-0.2, -0.15) is 0 Å². The Morgan fingerprint density at radius 3 is 2.78 bits per heavy atom. The van der Waals surface area contributed by atoms with Crippen molar-refractivity contribution < 1.29 is 8.78 Å². The second-order valence-corrected chi connectivity index (χ2v) is 4.53. The molecule has 0 unspecified atom stereocenters. The number of hydrogen-bond acceptors (Lipinski definition) is 5. The first-order valence-electron chi connectivity index (χ1n) is 5.03. The van der Waals surface area contributed by atoms with Crippen LogP contribution in [0, 0.1) is 18.6 Å². The Hall–Kier alpha value is -1.73. The van der Waals surface area contributed by atoms with E-state index in [1.807, 2.05) is 0 Å². The standard InChI is InChI=1S/C11H10F2N4S/c1-6-5-15-11(17-14)16-10(6)18-9-3-2-7(12)4-8(9)13/h2-5H,14H2,1H3,(H,15,16,17). The molecule has 0 spiro atoms.